The molecule has 1 saturated carbocycles. The third kappa shape index (κ3) is 3.43. The number of nitriles is 1. The van der Waals surface area contributed by atoms with Crippen LogP contribution in [0.5, 0.6) is 0 Å². The van der Waals surface area contributed by atoms with E-state index in [1.807, 2.05) is 24.5 Å². The molecule has 0 amide bonds. The molecule has 1 aromatic rings. The van der Waals surface area contributed by atoms with Gasteiger partial charge in [0, 0.05) is 17.0 Å². The van der Waals surface area contributed by atoms with Crippen molar-refractivity contribution < 1.29 is 0 Å². The quantitative estimate of drug-likeness (QED) is 0.656. The third-order valence-corrected chi connectivity index (χ3v) is 4.55. The van der Waals surface area contributed by atoms with E-state index in [-0.39, 0.29) is 12.1 Å². The number of hydrogen-bond acceptors (Lipinski definition) is 4. The van der Waals surface area contributed by atoms with Crippen LogP contribution in [0.15, 0.2) is 23.1 Å². The lowest BCUT2D eigenvalue weighted by Crippen LogP contribution is -2.39. The highest BCUT2D eigenvalue weighted by atomic mass is 32.2. The van der Waals surface area contributed by atoms with Crippen LogP contribution in [0.3, 0.4) is 0 Å². The van der Waals surface area contributed by atoms with E-state index in [4.69, 9.17) is 5.73 Å². The normalized spacial score (nSPS) is 23.4. The molecule has 0 heterocycles. The van der Waals surface area contributed by atoms with Crippen molar-refractivity contribution in [2.75, 3.05) is 11.6 Å². The number of rotatable bonds is 3. The van der Waals surface area contributed by atoms with Crippen molar-refractivity contribution in [2.45, 2.75) is 49.1 Å². The molecule has 102 valence electrons. The van der Waals surface area contributed by atoms with Crippen molar-refractivity contribution in [3.8, 4) is 6.07 Å². The molecule has 0 radical (unpaired) electrons. The zero-order valence-electron chi connectivity index (χ0n) is 11.4. The van der Waals surface area contributed by atoms with Gasteiger partial charge in [0.25, 0.3) is 0 Å². The van der Waals surface area contributed by atoms with Gasteiger partial charge in [-0.05, 0) is 31.2 Å². The van der Waals surface area contributed by atoms with Crippen LogP contribution in [0, 0.1) is 11.3 Å². The lowest BCUT2D eigenvalue weighted by Gasteiger charge is -2.24. The van der Waals surface area contributed by atoms with Crippen LogP contribution in [0.25, 0.3) is 0 Å². The Labute approximate surface area is 119 Å². The molecule has 2 atom stereocenters. The number of thioether (sulfide) groups is 1. The molecule has 1 aliphatic carbocycles. The van der Waals surface area contributed by atoms with E-state index in [0.29, 0.717) is 0 Å². The zero-order chi connectivity index (χ0) is 13.7. The highest BCUT2D eigenvalue weighted by Crippen LogP contribution is 2.28. The smallest absolute Gasteiger partial charge is 0.102 e. The van der Waals surface area contributed by atoms with E-state index in [0.717, 1.165) is 29.0 Å². The molecule has 0 aromatic heterocycles. The summed E-state index contributed by atoms with van der Waals surface area (Å²) >= 11 is 1.61. The second-order valence-electron chi connectivity index (χ2n) is 5.05. The highest BCUT2D eigenvalue weighted by Gasteiger charge is 2.21. The molecule has 1 aromatic carbocycles. The largest absolute Gasteiger partial charge is 0.380 e. The molecule has 3 N–H and O–H groups in total. The first-order valence-corrected chi connectivity index (χ1v) is 8.08. The number of nitrogens with one attached hydrogen (secondary N) is 1. The first-order valence-electron chi connectivity index (χ1n) is 6.85. The third-order valence-electron chi connectivity index (χ3n) is 3.77. The molecule has 2 rings (SSSR count). The van der Waals surface area contributed by atoms with Gasteiger partial charge < -0.3 is 11.1 Å². The number of anilines is 1. The predicted octanol–water partition coefficient (Wildman–Crippen LogP) is 3.35. The lowest BCUT2D eigenvalue weighted by atomic mass is 10.0. The zero-order valence-corrected chi connectivity index (χ0v) is 12.2. The van der Waals surface area contributed by atoms with Crippen LogP contribution < -0.4 is 11.1 Å². The Morgan fingerprint density at radius 3 is 2.84 bits per heavy atom. The fourth-order valence-electron chi connectivity index (χ4n) is 2.65. The Hall–Kier alpha value is -1.18. The predicted molar refractivity (Wildman–Crippen MR) is 81.4 cm³/mol. The fourth-order valence-corrected chi connectivity index (χ4v) is 3.23. The molecule has 3 nitrogen and oxygen atoms in total. The summed E-state index contributed by atoms with van der Waals surface area (Å²) in [5.74, 6) is 0. The summed E-state index contributed by atoms with van der Waals surface area (Å²) in [6.07, 6.45) is 7.86. The van der Waals surface area contributed by atoms with Gasteiger partial charge in [-0.3, -0.25) is 0 Å². The van der Waals surface area contributed by atoms with Gasteiger partial charge in [0.2, 0.25) is 0 Å². The summed E-state index contributed by atoms with van der Waals surface area (Å²) in [6.45, 7) is 0. The van der Waals surface area contributed by atoms with Gasteiger partial charge in [0.05, 0.1) is 11.3 Å². The van der Waals surface area contributed by atoms with Crippen LogP contribution >= 0.6 is 11.8 Å². The Balaban J connectivity index is 2.20. The van der Waals surface area contributed by atoms with E-state index in [2.05, 4.69) is 11.4 Å². The minimum absolute atomic E-state index is 0.187. The number of nitrogens with zero attached hydrogens (tertiary/aromatic N) is 1. The molecule has 19 heavy (non-hydrogen) atoms. The second-order valence-corrected chi connectivity index (χ2v) is 5.90. The molecule has 0 spiro atoms. The van der Waals surface area contributed by atoms with Crippen LogP contribution in [0.4, 0.5) is 5.69 Å². The van der Waals surface area contributed by atoms with Crippen LogP contribution in [-0.2, 0) is 0 Å². The van der Waals surface area contributed by atoms with Crippen LogP contribution in [0.2, 0.25) is 0 Å². The Kier molecular flexibility index (Phi) is 5.12. The summed E-state index contributed by atoms with van der Waals surface area (Å²) in [5.41, 5.74) is 7.91. The summed E-state index contributed by atoms with van der Waals surface area (Å²) in [4.78, 5) is 1.02. The van der Waals surface area contributed by atoms with Crippen molar-refractivity contribution in [3.63, 3.8) is 0 Å². The molecule has 4 heteroatoms. The van der Waals surface area contributed by atoms with Gasteiger partial charge in [-0.15, -0.1) is 11.8 Å². The van der Waals surface area contributed by atoms with Gasteiger partial charge in [-0.2, -0.15) is 5.26 Å². The van der Waals surface area contributed by atoms with Crippen molar-refractivity contribution in [2.24, 2.45) is 5.73 Å². The van der Waals surface area contributed by atoms with Crippen LogP contribution in [0.1, 0.15) is 37.7 Å². The summed E-state index contributed by atoms with van der Waals surface area (Å²) in [7, 11) is 0. The van der Waals surface area contributed by atoms with Gasteiger partial charge in [-0.1, -0.05) is 25.3 Å². The van der Waals surface area contributed by atoms with Crippen molar-refractivity contribution >= 4 is 17.4 Å². The maximum Gasteiger partial charge on any atom is 0.102 e. The van der Waals surface area contributed by atoms with E-state index in [9.17, 15) is 5.26 Å². The van der Waals surface area contributed by atoms with Gasteiger partial charge in [0.1, 0.15) is 6.07 Å². The molecule has 0 saturated heterocycles. The van der Waals surface area contributed by atoms with Crippen molar-refractivity contribution in [3.05, 3.63) is 23.8 Å². The summed E-state index contributed by atoms with van der Waals surface area (Å²) in [6, 6.07) is 8.75. The van der Waals surface area contributed by atoms with E-state index in [1.54, 1.807) is 11.8 Å². The lowest BCUT2D eigenvalue weighted by molar-refractivity contribution is 0.528. The minimum atomic E-state index is 0.187. The van der Waals surface area contributed by atoms with Crippen molar-refractivity contribution in [1.29, 1.82) is 5.26 Å². The number of nitrogens with two attached hydrogens (primary N) is 1. The standard InChI is InChI=1S/C15H21N3S/c1-19-15-9-5-8-13(11(15)10-16)18-14-7-4-2-3-6-12(14)17/h5,8-9,12,14,18H,2-4,6-7,17H2,1H3. The van der Waals surface area contributed by atoms with E-state index >= 15 is 0 Å². The SMILES string of the molecule is CSc1cccc(NC2CCCCCC2N)c1C#N. The first kappa shape index (κ1) is 14.2. The number of benzene rings is 1. The topological polar surface area (TPSA) is 61.8 Å². The summed E-state index contributed by atoms with van der Waals surface area (Å²) < 4.78 is 0. The second kappa shape index (κ2) is 6.83. The van der Waals surface area contributed by atoms with Crippen molar-refractivity contribution in [1.82, 2.24) is 0 Å². The fraction of sp³-hybridized carbons (Fsp3) is 0.533. The Morgan fingerprint density at radius 2 is 2.11 bits per heavy atom. The molecule has 2 unspecified atom stereocenters. The van der Waals surface area contributed by atoms with Gasteiger partial charge in [-0.25, -0.2) is 0 Å². The van der Waals surface area contributed by atoms with E-state index in [1.165, 1.54) is 19.3 Å². The number of hydrogen-bond donors (Lipinski definition) is 2. The van der Waals surface area contributed by atoms with E-state index < -0.39 is 0 Å². The highest BCUT2D eigenvalue weighted by molar-refractivity contribution is 7.98. The molecule has 1 fully saturated rings. The molecular weight excluding hydrogens is 254 g/mol. The van der Waals surface area contributed by atoms with Gasteiger partial charge in [0.15, 0.2) is 0 Å². The molecular formula is C15H21N3S. The average Bonchev–Trinajstić information content (AvgIpc) is 2.64. The minimum Gasteiger partial charge on any atom is -0.380 e. The molecule has 0 bridgehead atoms. The molecule has 1 aliphatic rings. The van der Waals surface area contributed by atoms with Gasteiger partial charge >= 0.3 is 0 Å². The monoisotopic (exact) mass is 275 g/mol. The summed E-state index contributed by atoms with van der Waals surface area (Å²) in [5, 5.41) is 12.9. The maximum absolute atomic E-state index is 9.35. The average molecular weight is 275 g/mol. The maximum atomic E-state index is 9.35. The molecule has 0 aliphatic heterocycles. The van der Waals surface area contributed by atoms with Crippen LogP contribution in [-0.4, -0.2) is 18.3 Å². The Bertz CT molecular complexity index is 467. The first-order chi connectivity index (χ1) is 9.26. The Morgan fingerprint density at radius 1 is 1.32 bits per heavy atom.